The molecule has 3 amide bonds. The maximum Gasteiger partial charge on any atom is 0.317 e. The van der Waals surface area contributed by atoms with Gasteiger partial charge in [-0.3, -0.25) is 4.79 Å². The molecule has 0 aromatic heterocycles. The maximum absolute atomic E-state index is 12.7. The van der Waals surface area contributed by atoms with Gasteiger partial charge in [0, 0.05) is 38.1 Å². The highest BCUT2D eigenvalue weighted by Crippen LogP contribution is 2.30. The summed E-state index contributed by atoms with van der Waals surface area (Å²) in [5.41, 5.74) is 1.18. The average molecular weight is 361 g/mol. The van der Waals surface area contributed by atoms with E-state index in [9.17, 15) is 9.59 Å². The van der Waals surface area contributed by atoms with E-state index < -0.39 is 0 Å². The number of carbonyl (C=O) groups is 2. The number of amides is 3. The normalized spacial score (nSPS) is 20.3. The molecule has 2 N–H and O–H groups in total. The van der Waals surface area contributed by atoms with E-state index in [1.807, 2.05) is 51.0 Å². The van der Waals surface area contributed by atoms with E-state index in [-0.39, 0.29) is 29.8 Å². The van der Waals surface area contributed by atoms with Crippen LogP contribution < -0.4 is 10.6 Å². The van der Waals surface area contributed by atoms with Crippen LogP contribution in [0, 0.1) is 5.92 Å². The lowest BCUT2D eigenvalue weighted by Crippen LogP contribution is -2.52. The Morgan fingerprint density at radius 1 is 1.19 bits per heavy atom. The number of urea groups is 1. The Kier molecular flexibility index (Phi) is 7.45. The fourth-order valence-corrected chi connectivity index (χ4v) is 3.31. The molecule has 1 fully saturated rings. The maximum atomic E-state index is 12.7. The van der Waals surface area contributed by atoms with Crippen molar-refractivity contribution in [2.75, 3.05) is 40.3 Å². The van der Waals surface area contributed by atoms with Crippen molar-refractivity contribution in [2.45, 2.75) is 32.2 Å². The molecule has 0 bridgehead atoms. The first kappa shape index (κ1) is 20.2. The summed E-state index contributed by atoms with van der Waals surface area (Å²) < 4.78 is 0. The average Bonchev–Trinajstić information content (AvgIpc) is 2.61. The zero-order chi connectivity index (χ0) is 19.1. The second-order valence-electron chi connectivity index (χ2n) is 7.64. The van der Waals surface area contributed by atoms with Crippen LogP contribution in [0.3, 0.4) is 0 Å². The molecule has 2 unspecified atom stereocenters. The van der Waals surface area contributed by atoms with Gasteiger partial charge in [0.2, 0.25) is 5.91 Å². The fraction of sp³-hybridized carbons (Fsp3) is 0.600. The molecule has 0 spiro atoms. The zero-order valence-corrected chi connectivity index (χ0v) is 16.4. The summed E-state index contributed by atoms with van der Waals surface area (Å²) in [4.78, 5) is 29.0. The third-order valence-electron chi connectivity index (χ3n) is 4.65. The van der Waals surface area contributed by atoms with Gasteiger partial charge >= 0.3 is 6.03 Å². The van der Waals surface area contributed by atoms with Crippen molar-refractivity contribution < 1.29 is 9.59 Å². The van der Waals surface area contributed by atoms with Crippen LogP contribution in [-0.2, 0) is 4.79 Å². The van der Waals surface area contributed by atoms with Crippen molar-refractivity contribution in [3.05, 3.63) is 35.9 Å². The van der Waals surface area contributed by atoms with Crippen molar-refractivity contribution in [1.29, 1.82) is 0 Å². The van der Waals surface area contributed by atoms with Crippen LogP contribution in [0.15, 0.2) is 30.3 Å². The first-order valence-electron chi connectivity index (χ1n) is 9.39. The summed E-state index contributed by atoms with van der Waals surface area (Å²) in [6, 6.07) is 10.1. The van der Waals surface area contributed by atoms with Crippen LogP contribution in [-0.4, -0.2) is 68.1 Å². The number of hydrogen-bond acceptors (Lipinski definition) is 3. The van der Waals surface area contributed by atoms with E-state index in [1.54, 1.807) is 4.90 Å². The fourth-order valence-electron chi connectivity index (χ4n) is 3.31. The SMILES string of the molecule is CC(C)NC(=O)N1CC(C(=O)NCCN(C)C)CC(c2ccccc2)C1. The summed E-state index contributed by atoms with van der Waals surface area (Å²) in [5, 5.41) is 5.97. The second-order valence-corrected chi connectivity index (χ2v) is 7.64. The molecule has 26 heavy (non-hydrogen) atoms. The molecule has 0 saturated carbocycles. The van der Waals surface area contributed by atoms with Gasteiger partial charge < -0.3 is 20.4 Å². The van der Waals surface area contributed by atoms with Crippen molar-refractivity contribution in [1.82, 2.24) is 20.4 Å². The highest BCUT2D eigenvalue weighted by atomic mass is 16.2. The van der Waals surface area contributed by atoms with E-state index in [2.05, 4.69) is 22.8 Å². The molecule has 1 saturated heterocycles. The molecule has 144 valence electrons. The highest BCUT2D eigenvalue weighted by Gasteiger charge is 2.34. The van der Waals surface area contributed by atoms with E-state index in [0.29, 0.717) is 19.6 Å². The molecule has 6 nitrogen and oxygen atoms in total. The van der Waals surface area contributed by atoms with Crippen LogP contribution >= 0.6 is 0 Å². The number of likely N-dealkylation sites (N-methyl/N-ethyl adjacent to an activating group) is 1. The van der Waals surface area contributed by atoms with Gasteiger partial charge in [-0.05, 0) is 39.9 Å². The summed E-state index contributed by atoms with van der Waals surface area (Å²) in [6.07, 6.45) is 0.767. The van der Waals surface area contributed by atoms with Gasteiger partial charge in [0.25, 0.3) is 0 Å². The van der Waals surface area contributed by atoms with Crippen molar-refractivity contribution in [3.63, 3.8) is 0 Å². The number of nitrogens with zero attached hydrogens (tertiary/aromatic N) is 2. The second kappa shape index (κ2) is 9.57. The van der Waals surface area contributed by atoms with Gasteiger partial charge in [-0.25, -0.2) is 4.79 Å². The van der Waals surface area contributed by atoms with Gasteiger partial charge in [0.05, 0.1) is 5.92 Å². The lowest BCUT2D eigenvalue weighted by molar-refractivity contribution is -0.126. The van der Waals surface area contributed by atoms with E-state index in [1.165, 1.54) is 5.56 Å². The van der Waals surface area contributed by atoms with Crippen molar-refractivity contribution >= 4 is 11.9 Å². The lowest BCUT2D eigenvalue weighted by Gasteiger charge is -2.37. The number of likely N-dealkylation sites (tertiary alicyclic amines) is 1. The third kappa shape index (κ3) is 6.02. The predicted molar refractivity (Wildman–Crippen MR) is 104 cm³/mol. The largest absolute Gasteiger partial charge is 0.355 e. The number of benzene rings is 1. The Morgan fingerprint density at radius 3 is 2.50 bits per heavy atom. The quantitative estimate of drug-likeness (QED) is 0.814. The first-order valence-corrected chi connectivity index (χ1v) is 9.39. The highest BCUT2D eigenvalue weighted by molar-refractivity contribution is 5.81. The molecule has 0 aliphatic carbocycles. The molecule has 1 aromatic rings. The molecule has 1 aliphatic heterocycles. The monoisotopic (exact) mass is 360 g/mol. The minimum absolute atomic E-state index is 0.0369. The Balaban J connectivity index is 2.08. The molecule has 0 radical (unpaired) electrons. The van der Waals surface area contributed by atoms with Gasteiger partial charge in [0.1, 0.15) is 0 Å². The van der Waals surface area contributed by atoms with E-state index in [0.717, 1.165) is 13.0 Å². The summed E-state index contributed by atoms with van der Waals surface area (Å²) in [7, 11) is 3.96. The van der Waals surface area contributed by atoms with E-state index in [4.69, 9.17) is 0 Å². The minimum atomic E-state index is -0.186. The molecule has 1 aromatic carbocycles. The van der Waals surface area contributed by atoms with Gasteiger partial charge in [-0.15, -0.1) is 0 Å². The van der Waals surface area contributed by atoms with Crippen molar-refractivity contribution in [2.24, 2.45) is 5.92 Å². The minimum Gasteiger partial charge on any atom is -0.355 e. The lowest BCUT2D eigenvalue weighted by atomic mass is 9.84. The Hall–Kier alpha value is -2.08. The smallest absolute Gasteiger partial charge is 0.317 e. The topological polar surface area (TPSA) is 64.7 Å². The molecule has 1 aliphatic rings. The van der Waals surface area contributed by atoms with Crippen LogP contribution in [0.5, 0.6) is 0 Å². The number of nitrogens with one attached hydrogen (secondary N) is 2. The van der Waals surface area contributed by atoms with Crippen LogP contribution in [0.2, 0.25) is 0 Å². The zero-order valence-electron chi connectivity index (χ0n) is 16.4. The summed E-state index contributed by atoms with van der Waals surface area (Å²) in [6.45, 7) is 6.43. The number of rotatable bonds is 6. The van der Waals surface area contributed by atoms with Crippen LogP contribution in [0.25, 0.3) is 0 Å². The van der Waals surface area contributed by atoms with Crippen LogP contribution in [0.4, 0.5) is 4.79 Å². The van der Waals surface area contributed by atoms with Crippen LogP contribution in [0.1, 0.15) is 31.7 Å². The number of carbonyl (C=O) groups excluding carboxylic acids is 2. The predicted octanol–water partition coefficient (Wildman–Crippen LogP) is 1.89. The molecule has 2 atom stereocenters. The van der Waals surface area contributed by atoms with Crippen molar-refractivity contribution in [3.8, 4) is 0 Å². The number of hydrogen-bond donors (Lipinski definition) is 2. The standard InChI is InChI=1S/C20H32N4O2/c1-15(2)22-20(26)24-13-17(16-8-6-5-7-9-16)12-18(14-24)19(25)21-10-11-23(3)4/h5-9,15,17-18H,10-14H2,1-4H3,(H,21,25)(H,22,26). The Labute approximate surface area is 156 Å². The Bertz CT molecular complexity index is 589. The van der Waals surface area contributed by atoms with Gasteiger partial charge in [0.15, 0.2) is 0 Å². The number of piperidine rings is 1. The van der Waals surface area contributed by atoms with E-state index >= 15 is 0 Å². The molecule has 1 heterocycles. The molecule has 2 rings (SSSR count). The molecular formula is C20H32N4O2. The Morgan fingerprint density at radius 2 is 1.88 bits per heavy atom. The first-order chi connectivity index (χ1) is 12.4. The molecular weight excluding hydrogens is 328 g/mol. The summed E-state index contributed by atoms with van der Waals surface area (Å²) in [5.74, 6) is 0.0244. The van der Waals surface area contributed by atoms with Gasteiger partial charge in [-0.1, -0.05) is 30.3 Å². The summed E-state index contributed by atoms with van der Waals surface area (Å²) >= 11 is 0. The van der Waals surface area contributed by atoms with Gasteiger partial charge in [-0.2, -0.15) is 0 Å². The molecule has 6 heteroatoms. The third-order valence-corrected chi connectivity index (χ3v) is 4.65.